The van der Waals surface area contributed by atoms with Gasteiger partial charge in [0.2, 0.25) is 0 Å². The van der Waals surface area contributed by atoms with Crippen LogP contribution in [0.15, 0.2) is 30.6 Å². The standard InChI is InChI=1S/C16H18FN3O3/c1-19-10-18-14-7-20(12(8-21)6-15(14)19)16(22)9-23-13-4-2-11(17)3-5-13/h2-5,10,12,21H,6-9H2,1H3/t12-/m0/s1. The number of aliphatic hydroxyl groups is 1. The SMILES string of the molecule is Cn1cnc2c1C[C@@H](CO)N(C(=O)COc1ccc(F)cc1)C2. The molecular formula is C16H18FN3O3. The minimum atomic E-state index is -0.359. The number of amides is 1. The molecule has 0 spiro atoms. The first kappa shape index (κ1) is 15.5. The zero-order valence-corrected chi connectivity index (χ0v) is 12.8. The summed E-state index contributed by atoms with van der Waals surface area (Å²) in [6, 6.07) is 5.20. The van der Waals surface area contributed by atoms with Crippen molar-refractivity contribution in [3.8, 4) is 5.75 Å². The number of benzene rings is 1. The Bertz CT molecular complexity index is 699. The predicted octanol–water partition coefficient (Wildman–Crippen LogP) is 0.884. The Kier molecular flexibility index (Phi) is 4.29. The molecule has 1 amide bonds. The van der Waals surface area contributed by atoms with E-state index < -0.39 is 0 Å². The molecule has 6 nitrogen and oxygen atoms in total. The van der Waals surface area contributed by atoms with Crippen LogP contribution in [-0.4, -0.2) is 44.7 Å². The van der Waals surface area contributed by atoms with Crippen molar-refractivity contribution in [3.63, 3.8) is 0 Å². The summed E-state index contributed by atoms with van der Waals surface area (Å²) < 4.78 is 20.2. The number of fused-ring (bicyclic) bond motifs is 1. The molecule has 0 saturated heterocycles. The van der Waals surface area contributed by atoms with Crippen LogP contribution in [0.1, 0.15) is 11.4 Å². The van der Waals surface area contributed by atoms with Crippen LogP contribution < -0.4 is 4.74 Å². The molecule has 1 aliphatic heterocycles. The number of aromatic nitrogens is 2. The van der Waals surface area contributed by atoms with Crippen molar-refractivity contribution >= 4 is 5.91 Å². The fraction of sp³-hybridized carbons (Fsp3) is 0.375. The molecule has 0 fully saturated rings. The smallest absolute Gasteiger partial charge is 0.261 e. The quantitative estimate of drug-likeness (QED) is 0.908. The molecule has 3 rings (SSSR count). The lowest BCUT2D eigenvalue weighted by Gasteiger charge is -2.34. The number of hydrogen-bond acceptors (Lipinski definition) is 4. The lowest BCUT2D eigenvalue weighted by molar-refractivity contribution is -0.138. The monoisotopic (exact) mass is 319 g/mol. The molecular weight excluding hydrogens is 301 g/mol. The van der Waals surface area contributed by atoms with Gasteiger partial charge in [0, 0.05) is 19.2 Å². The third kappa shape index (κ3) is 3.19. The molecule has 0 unspecified atom stereocenters. The Balaban J connectivity index is 1.67. The number of halogens is 1. The molecule has 7 heteroatoms. The van der Waals surface area contributed by atoms with E-state index in [9.17, 15) is 14.3 Å². The molecule has 1 N–H and O–H groups in total. The molecule has 0 aliphatic carbocycles. The Morgan fingerprint density at radius 1 is 1.43 bits per heavy atom. The molecule has 1 aromatic carbocycles. The van der Waals surface area contributed by atoms with Gasteiger partial charge in [0.05, 0.1) is 31.2 Å². The van der Waals surface area contributed by atoms with E-state index in [1.54, 1.807) is 11.2 Å². The van der Waals surface area contributed by atoms with Gasteiger partial charge in [-0.05, 0) is 24.3 Å². The predicted molar refractivity (Wildman–Crippen MR) is 80.2 cm³/mol. The fourth-order valence-electron chi connectivity index (χ4n) is 2.74. The average molecular weight is 319 g/mol. The number of hydrogen-bond donors (Lipinski definition) is 1. The van der Waals surface area contributed by atoms with Crippen LogP contribution in [0, 0.1) is 5.82 Å². The van der Waals surface area contributed by atoms with E-state index in [4.69, 9.17) is 4.74 Å². The third-order valence-electron chi connectivity index (χ3n) is 4.04. The summed E-state index contributed by atoms with van der Waals surface area (Å²) in [5, 5.41) is 9.57. The zero-order chi connectivity index (χ0) is 16.4. The highest BCUT2D eigenvalue weighted by molar-refractivity contribution is 5.78. The highest BCUT2D eigenvalue weighted by Crippen LogP contribution is 2.22. The highest BCUT2D eigenvalue weighted by Gasteiger charge is 2.31. The molecule has 2 aromatic rings. The molecule has 1 atom stereocenters. The summed E-state index contributed by atoms with van der Waals surface area (Å²) in [6.45, 7) is 0.0736. The van der Waals surface area contributed by atoms with Crippen LogP contribution in [0.4, 0.5) is 4.39 Å². The third-order valence-corrected chi connectivity index (χ3v) is 4.04. The van der Waals surface area contributed by atoms with Crippen molar-refractivity contribution in [1.82, 2.24) is 14.5 Å². The van der Waals surface area contributed by atoms with Crippen molar-refractivity contribution in [1.29, 1.82) is 0 Å². The summed E-state index contributed by atoms with van der Waals surface area (Å²) in [5.41, 5.74) is 1.87. The van der Waals surface area contributed by atoms with Crippen LogP contribution >= 0.6 is 0 Å². The first-order chi connectivity index (χ1) is 11.1. The van der Waals surface area contributed by atoms with E-state index >= 15 is 0 Å². The van der Waals surface area contributed by atoms with Gasteiger partial charge in [-0.15, -0.1) is 0 Å². The lowest BCUT2D eigenvalue weighted by atomic mass is 10.0. The number of aliphatic hydroxyl groups excluding tert-OH is 1. The Hall–Kier alpha value is -2.41. The maximum absolute atomic E-state index is 12.8. The lowest BCUT2D eigenvalue weighted by Crippen LogP contribution is -2.48. The number of aryl methyl sites for hydroxylation is 1. The first-order valence-electron chi connectivity index (χ1n) is 7.36. The molecule has 0 radical (unpaired) electrons. The van der Waals surface area contributed by atoms with Gasteiger partial charge in [-0.3, -0.25) is 4.79 Å². The van der Waals surface area contributed by atoms with Crippen molar-refractivity contribution in [2.75, 3.05) is 13.2 Å². The van der Waals surface area contributed by atoms with Gasteiger partial charge in [-0.1, -0.05) is 0 Å². The van der Waals surface area contributed by atoms with Gasteiger partial charge in [-0.25, -0.2) is 9.37 Å². The van der Waals surface area contributed by atoms with Crippen molar-refractivity contribution in [2.24, 2.45) is 7.05 Å². The van der Waals surface area contributed by atoms with Gasteiger partial charge in [0.15, 0.2) is 6.61 Å². The second kappa shape index (κ2) is 6.37. The van der Waals surface area contributed by atoms with Crippen molar-refractivity contribution in [3.05, 3.63) is 47.8 Å². The van der Waals surface area contributed by atoms with E-state index in [0.717, 1.165) is 11.4 Å². The summed E-state index contributed by atoms with van der Waals surface area (Å²) in [4.78, 5) is 18.3. The van der Waals surface area contributed by atoms with Gasteiger partial charge in [0.25, 0.3) is 5.91 Å². The van der Waals surface area contributed by atoms with Crippen molar-refractivity contribution < 1.29 is 19.0 Å². The summed E-state index contributed by atoms with van der Waals surface area (Å²) in [6.07, 6.45) is 2.27. The molecule has 1 aliphatic rings. The van der Waals surface area contributed by atoms with E-state index in [-0.39, 0.29) is 31.0 Å². The Morgan fingerprint density at radius 2 is 2.17 bits per heavy atom. The van der Waals surface area contributed by atoms with Gasteiger partial charge >= 0.3 is 0 Å². The van der Waals surface area contributed by atoms with E-state index in [1.807, 2.05) is 11.6 Å². The number of carbonyl (C=O) groups is 1. The number of rotatable bonds is 4. The average Bonchev–Trinajstić information content (AvgIpc) is 2.93. The van der Waals surface area contributed by atoms with E-state index in [1.165, 1.54) is 24.3 Å². The largest absolute Gasteiger partial charge is 0.484 e. The normalized spacial score (nSPS) is 17.0. The molecule has 0 saturated carbocycles. The first-order valence-corrected chi connectivity index (χ1v) is 7.36. The van der Waals surface area contributed by atoms with Crippen LogP contribution in [0.3, 0.4) is 0 Å². The summed E-state index contributed by atoms with van der Waals surface area (Å²) in [7, 11) is 1.90. The second-order valence-corrected chi connectivity index (χ2v) is 5.55. The van der Waals surface area contributed by atoms with Gasteiger partial charge in [0.1, 0.15) is 11.6 Å². The second-order valence-electron chi connectivity index (χ2n) is 5.55. The Morgan fingerprint density at radius 3 is 2.87 bits per heavy atom. The van der Waals surface area contributed by atoms with Gasteiger partial charge < -0.3 is 19.3 Å². The summed E-state index contributed by atoms with van der Waals surface area (Å²) in [5.74, 6) is -0.164. The van der Waals surface area contributed by atoms with Crippen LogP contribution in [0.5, 0.6) is 5.75 Å². The molecule has 23 heavy (non-hydrogen) atoms. The maximum atomic E-state index is 12.8. The van der Waals surface area contributed by atoms with E-state index in [0.29, 0.717) is 18.7 Å². The number of nitrogens with zero attached hydrogens (tertiary/aromatic N) is 3. The summed E-state index contributed by atoms with van der Waals surface area (Å²) >= 11 is 0. The van der Waals surface area contributed by atoms with Gasteiger partial charge in [-0.2, -0.15) is 0 Å². The number of ether oxygens (including phenoxy) is 1. The topological polar surface area (TPSA) is 67.6 Å². The zero-order valence-electron chi connectivity index (χ0n) is 12.8. The molecule has 2 heterocycles. The maximum Gasteiger partial charge on any atom is 0.261 e. The van der Waals surface area contributed by atoms with Crippen LogP contribution in [0.25, 0.3) is 0 Å². The van der Waals surface area contributed by atoms with E-state index in [2.05, 4.69) is 4.98 Å². The fourth-order valence-corrected chi connectivity index (χ4v) is 2.74. The van der Waals surface area contributed by atoms with Crippen LogP contribution in [-0.2, 0) is 24.8 Å². The number of carbonyl (C=O) groups excluding carboxylic acids is 1. The Labute approximate surface area is 133 Å². The number of imidazole rings is 1. The molecule has 1 aromatic heterocycles. The minimum absolute atomic E-state index is 0.118. The molecule has 122 valence electrons. The van der Waals surface area contributed by atoms with Crippen LogP contribution in [0.2, 0.25) is 0 Å². The minimum Gasteiger partial charge on any atom is -0.484 e. The molecule has 0 bridgehead atoms. The van der Waals surface area contributed by atoms with Crippen molar-refractivity contribution in [2.45, 2.75) is 19.0 Å². The highest BCUT2D eigenvalue weighted by atomic mass is 19.1.